The first kappa shape index (κ1) is 12.8. The molecule has 0 spiro atoms. The number of nitrogens with two attached hydrogens (primary N) is 1. The van der Waals surface area contributed by atoms with Gasteiger partial charge in [-0.15, -0.1) is 0 Å². The molecule has 0 heterocycles. The van der Waals surface area contributed by atoms with Gasteiger partial charge in [0.05, 0.1) is 12.3 Å². The molecular weight excluding hydrogens is 294 g/mol. The van der Waals surface area contributed by atoms with Gasteiger partial charge < -0.3 is 15.2 Å². The number of benzene rings is 2. The van der Waals surface area contributed by atoms with Crippen molar-refractivity contribution in [3.8, 4) is 17.2 Å². The summed E-state index contributed by atoms with van der Waals surface area (Å²) in [6.45, 7) is 2.57. The predicted octanol–water partition coefficient (Wildman–Crippen LogP) is 4.22. The Bertz CT molecular complexity index is 543. The number of hydrogen-bond donors (Lipinski definition) is 1. The van der Waals surface area contributed by atoms with Crippen molar-refractivity contribution >= 4 is 21.6 Å². The first-order valence-electron chi connectivity index (χ1n) is 5.65. The number of hydrogen-bond acceptors (Lipinski definition) is 3. The third-order valence-corrected chi connectivity index (χ3v) is 2.81. The summed E-state index contributed by atoms with van der Waals surface area (Å²) in [4.78, 5) is 0. The maximum absolute atomic E-state index is 5.88. The van der Waals surface area contributed by atoms with E-state index in [0.717, 1.165) is 10.2 Å². The molecule has 18 heavy (non-hydrogen) atoms. The summed E-state index contributed by atoms with van der Waals surface area (Å²) in [6, 6.07) is 13.0. The number of nitrogen functional groups attached to an aromatic ring is 1. The van der Waals surface area contributed by atoms with Crippen LogP contribution in [0, 0.1) is 0 Å². The fourth-order valence-corrected chi connectivity index (χ4v) is 1.91. The van der Waals surface area contributed by atoms with Crippen molar-refractivity contribution < 1.29 is 9.47 Å². The van der Waals surface area contributed by atoms with Crippen LogP contribution < -0.4 is 15.2 Å². The molecule has 0 saturated heterocycles. The van der Waals surface area contributed by atoms with Gasteiger partial charge in [0, 0.05) is 10.5 Å². The van der Waals surface area contributed by atoms with Crippen molar-refractivity contribution in [3.05, 3.63) is 46.9 Å². The monoisotopic (exact) mass is 307 g/mol. The molecule has 4 heteroatoms. The lowest BCUT2D eigenvalue weighted by atomic mass is 10.3. The van der Waals surface area contributed by atoms with E-state index in [1.807, 2.05) is 49.4 Å². The number of rotatable bonds is 4. The molecule has 0 aliphatic carbocycles. The minimum Gasteiger partial charge on any atom is -0.494 e. The Hall–Kier alpha value is -1.68. The van der Waals surface area contributed by atoms with Crippen molar-refractivity contribution in [2.24, 2.45) is 0 Å². The SMILES string of the molecule is CCOc1cccc(Oc2ccc(Br)cc2N)c1. The van der Waals surface area contributed by atoms with Gasteiger partial charge in [0.25, 0.3) is 0 Å². The van der Waals surface area contributed by atoms with E-state index in [1.165, 1.54) is 0 Å². The summed E-state index contributed by atoms with van der Waals surface area (Å²) in [6.07, 6.45) is 0. The molecule has 2 aromatic carbocycles. The summed E-state index contributed by atoms with van der Waals surface area (Å²) < 4.78 is 12.1. The number of halogens is 1. The Labute approximate surface area is 115 Å². The Morgan fingerprint density at radius 3 is 2.61 bits per heavy atom. The molecule has 0 amide bonds. The minimum atomic E-state index is 0.589. The lowest BCUT2D eigenvalue weighted by molar-refractivity contribution is 0.338. The van der Waals surface area contributed by atoms with Crippen molar-refractivity contribution in [1.29, 1.82) is 0 Å². The quantitative estimate of drug-likeness (QED) is 0.860. The first-order valence-corrected chi connectivity index (χ1v) is 6.44. The Morgan fingerprint density at radius 1 is 1.11 bits per heavy atom. The molecule has 0 saturated carbocycles. The van der Waals surface area contributed by atoms with Crippen LogP contribution >= 0.6 is 15.9 Å². The van der Waals surface area contributed by atoms with Crippen LogP contribution in [0.15, 0.2) is 46.9 Å². The van der Waals surface area contributed by atoms with E-state index in [2.05, 4.69) is 15.9 Å². The van der Waals surface area contributed by atoms with Crippen molar-refractivity contribution in [1.82, 2.24) is 0 Å². The smallest absolute Gasteiger partial charge is 0.150 e. The van der Waals surface area contributed by atoms with E-state index < -0.39 is 0 Å². The van der Waals surface area contributed by atoms with E-state index in [9.17, 15) is 0 Å². The van der Waals surface area contributed by atoms with Gasteiger partial charge in [-0.25, -0.2) is 0 Å². The predicted molar refractivity (Wildman–Crippen MR) is 76.2 cm³/mol. The average molecular weight is 308 g/mol. The second-order valence-electron chi connectivity index (χ2n) is 3.69. The third kappa shape index (κ3) is 3.17. The van der Waals surface area contributed by atoms with Crippen LogP contribution in [0.1, 0.15) is 6.92 Å². The summed E-state index contributed by atoms with van der Waals surface area (Å²) >= 11 is 3.36. The molecule has 2 rings (SSSR count). The van der Waals surface area contributed by atoms with Crippen molar-refractivity contribution in [2.75, 3.05) is 12.3 Å². The molecule has 0 aliphatic heterocycles. The first-order chi connectivity index (χ1) is 8.69. The highest BCUT2D eigenvalue weighted by Crippen LogP contribution is 2.31. The van der Waals surface area contributed by atoms with Crippen molar-refractivity contribution in [3.63, 3.8) is 0 Å². The normalized spacial score (nSPS) is 10.1. The van der Waals surface area contributed by atoms with E-state index in [4.69, 9.17) is 15.2 Å². The maximum atomic E-state index is 5.88. The molecule has 0 aromatic heterocycles. The largest absolute Gasteiger partial charge is 0.494 e. The molecule has 0 aliphatic rings. The Morgan fingerprint density at radius 2 is 1.89 bits per heavy atom. The number of ether oxygens (including phenoxy) is 2. The fraction of sp³-hybridized carbons (Fsp3) is 0.143. The fourth-order valence-electron chi connectivity index (χ4n) is 1.53. The molecule has 2 aromatic rings. The van der Waals surface area contributed by atoms with Gasteiger partial charge in [-0.1, -0.05) is 22.0 Å². The highest BCUT2D eigenvalue weighted by atomic mass is 79.9. The van der Waals surface area contributed by atoms with E-state index >= 15 is 0 Å². The minimum absolute atomic E-state index is 0.589. The van der Waals surface area contributed by atoms with Gasteiger partial charge in [-0.2, -0.15) is 0 Å². The number of anilines is 1. The van der Waals surface area contributed by atoms with Gasteiger partial charge in [-0.05, 0) is 37.3 Å². The van der Waals surface area contributed by atoms with Gasteiger partial charge in [-0.3, -0.25) is 0 Å². The highest BCUT2D eigenvalue weighted by molar-refractivity contribution is 9.10. The molecule has 94 valence electrons. The van der Waals surface area contributed by atoms with E-state index in [1.54, 1.807) is 0 Å². The molecular formula is C14H14BrNO2. The summed E-state index contributed by atoms with van der Waals surface area (Å²) in [5.41, 5.74) is 6.47. The van der Waals surface area contributed by atoms with Gasteiger partial charge in [0.15, 0.2) is 0 Å². The molecule has 3 nitrogen and oxygen atoms in total. The third-order valence-electron chi connectivity index (χ3n) is 2.32. The van der Waals surface area contributed by atoms with Crippen LogP contribution in [0.5, 0.6) is 17.2 Å². The van der Waals surface area contributed by atoms with Gasteiger partial charge >= 0.3 is 0 Å². The average Bonchev–Trinajstić information content (AvgIpc) is 2.34. The summed E-state index contributed by atoms with van der Waals surface area (Å²) in [5.74, 6) is 2.12. The second kappa shape index (κ2) is 5.78. The molecule has 0 radical (unpaired) electrons. The zero-order valence-corrected chi connectivity index (χ0v) is 11.6. The van der Waals surface area contributed by atoms with E-state index in [-0.39, 0.29) is 0 Å². The van der Waals surface area contributed by atoms with Gasteiger partial charge in [0.2, 0.25) is 0 Å². The van der Waals surface area contributed by atoms with Crippen molar-refractivity contribution in [2.45, 2.75) is 6.92 Å². The topological polar surface area (TPSA) is 44.5 Å². The van der Waals surface area contributed by atoms with Crippen LogP contribution in [0.25, 0.3) is 0 Å². The second-order valence-corrected chi connectivity index (χ2v) is 4.61. The lowest BCUT2D eigenvalue weighted by Gasteiger charge is -2.10. The maximum Gasteiger partial charge on any atom is 0.150 e. The molecule has 0 unspecified atom stereocenters. The molecule has 0 fully saturated rings. The standard InChI is InChI=1S/C14H14BrNO2/c1-2-17-11-4-3-5-12(9-11)18-14-7-6-10(15)8-13(14)16/h3-9H,2,16H2,1H3. The van der Waals surface area contributed by atoms with Crippen LogP contribution in [-0.2, 0) is 0 Å². The molecule has 0 bridgehead atoms. The summed E-state index contributed by atoms with van der Waals surface area (Å²) in [5, 5.41) is 0. The van der Waals surface area contributed by atoms with Crippen LogP contribution in [0.3, 0.4) is 0 Å². The zero-order valence-electron chi connectivity index (χ0n) is 10.0. The molecule has 2 N–H and O–H groups in total. The van der Waals surface area contributed by atoms with Crippen LogP contribution in [-0.4, -0.2) is 6.61 Å². The highest BCUT2D eigenvalue weighted by Gasteiger charge is 2.03. The van der Waals surface area contributed by atoms with Crippen LogP contribution in [0.2, 0.25) is 0 Å². The Balaban J connectivity index is 2.20. The van der Waals surface area contributed by atoms with Gasteiger partial charge in [0.1, 0.15) is 17.2 Å². The summed E-state index contributed by atoms with van der Waals surface area (Å²) in [7, 11) is 0. The van der Waals surface area contributed by atoms with E-state index in [0.29, 0.717) is 23.8 Å². The Kier molecular flexibility index (Phi) is 4.10. The zero-order chi connectivity index (χ0) is 13.0. The molecule has 0 atom stereocenters. The lowest BCUT2D eigenvalue weighted by Crippen LogP contribution is -1.94. The van der Waals surface area contributed by atoms with Crippen LogP contribution in [0.4, 0.5) is 5.69 Å².